The maximum absolute atomic E-state index is 12.2. The van der Waals surface area contributed by atoms with Crippen molar-refractivity contribution in [1.82, 2.24) is 0 Å². The Morgan fingerprint density at radius 3 is 2.47 bits per heavy atom. The van der Waals surface area contributed by atoms with Gasteiger partial charge in [0.2, 0.25) is 0 Å². The van der Waals surface area contributed by atoms with E-state index in [1.165, 1.54) is 7.11 Å². The minimum absolute atomic E-state index is 0.230. The molecule has 0 bridgehead atoms. The Bertz CT molecular complexity index is 357. The molecule has 0 amide bonds. The van der Waals surface area contributed by atoms with E-state index in [0.717, 1.165) is 0 Å². The third-order valence-corrected chi connectivity index (χ3v) is 4.34. The van der Waals surface area contributed by atoms with Gasteiger partial charge < -0.3 is 4.74 Å². The molecule has 2 atom stereocenters. The molecule has 0 N–H and O–H groups in total. The van der Waals surface area contributed by atoms with E-state index in [2.05, 4.69) is 0 Å². The molecule has 0 saturated heterocycles. The maximum atomic E-state index is 12.2. The monoisotopic (exact) mass is 292 g/mol. The van der Waals surface area contributed by atoms with Gasteiger partial charge in [-0.15, -0.1) is 0 Å². The molecule has 110 valence electrons. The van der Waals surface area contributed by atoms with Crippen LogP contribution in [0.5, 0.6) is 0 Å². The first-order valence-corrected chi connectivity index (χ1v) is 7.82. The van der Waals surface area contributed by atoms with Crippen LogP contribution in [0.25, 0.3) is 0 Å². The van der Waals surface area contributed by atoms with Gasteiger partial charge >= 0.3 is 13.8 Å². The second-order valence-electron chi connectivity index (χ2n) is 4.05. The third kappa shape index (κ3) is 5.07. The van der Waals surface area contributed by atoms with E-state index < -0.39 is 13.9 Å². The highest BCUT2D eigenvalue weighted by molar-refractivity contribution is 7.48. The van der Waals surface area contributed by atoms with Gasteiger partial charge in [0.25, 0.3) is 0 Å². The molecule has 1 rings (SSSR count). The van der Waals surface area contributed by atoms with Crippen LogP contribution in [-0.4, -0.2) is 32.4 Å². The van der Waals surface area contributed by atoms with Gasteiger partial charge in [0.15, 0.2) is 0 Å². The number of allylic oxidation sites excluding steroid dienone is 1. The summed E-state index contributed by atoms with van der Waals surface area (Å²) in [5, 5.41) is 0. The van der Waals surface area contributed by atoms with Crippen molar-refractivity contribution >= 4 is 13.8 Å². The topological polar surface area (TPSA) is 71.1 Å². The van der Waals surface area contributed by atoms with Crippen LogP contribution in [0.4, 0.5) is 0 Å². The average Bonchev–Trinajstić information content (AvgIpc) is 2.38. The molecule has 0 fully saturated rings. The molecular weight excluding hydrogens is 271 g/mol. The van der Waals surface area contributed by atoms with E-state index in [1.54, 1.807) is 19.9 Å². The van der Waals surface area contributed by atoms with Gasteiger partial charge in [-0.2, -0.15) is 0 Å². The summed E-state index contributed by atoms with van der Waals surface area (Å²) in [6.07, 6.45) is 4.12. The minimum atomic E-state index is -3.56. The van der Waals surface area contributed by atoms with Crippen molar-refractivity contribution in [1.29, 1.82) is 0 Å². The number of ether oxygens (including phenoxy) is 1. The van der Waals surface area contributed by atoms with E-state index in [0.29, 0.717) is 12.8 Å². The van der Waals surface area contributed by atoms with Crippen LogP contribution in [0.2, 0.25) is 0 Å². The lowest BCUT2D eigenvalue weighted by Gasteiger charge is -2.26. The zero-order valence-corrected chi connectivity index (χ0v) is 12.4. The summed E-state index contributed by atoms with van der Waals surface area (Å²) in [5.74, 6) is -0.572. The molecule has 0 aliphatic heterocycles. The van der Waals surface area contributed by atoms with Crippen molar-refractivity contribution in [3.63, 3.8) is 0 Å². The summed E-state index contributed by atoms with van der Waals surface area (Å²) in [5.41, 5.74) is 0. The zero-order valence-electron chi connectivity index (χ0n) is 11.5. The average molecular weight is 292 g/mol. The molecule has 6 nitrogen and oxygen atoms in total. The van der Waals surface area contributed by atoms with E-state index in [-0.39, 0.29) is 25.1 Å². The predicted molar refractivity (Wildman–Crippen MR) is 69.6 cm³/mol. The van der Waals surface area contributed by atoms with Gasteiger partial charge in [0.05, 0.1) is 32.3 Å². The molecule has 0 heterocycles. The highest BCUT2D eigenvalue weighted by atomic mass is 31.2. The predicted octanol–water partition coefficient (Wildman–Crippen LogP) is 2.69. The lowest BCUT2D eigenvalue weighted by atomic mass is 9.93. The van der Waals surface area contributed by atoms with E-state index in [4.69, 9.17) is 18.3 Å². The Hall–Kier alpha value is -0.680. The number of carbonyl (C=O) groups excluding carboxylic acids is 1. The normalized spacial score (nSPS) is 23.3. The molecule has 1 aliphatic rings. The molecule has 7 heteroatoms. The van der Waals surface area contributed by atoms with Gasteiger partial charge in [-0.25, -0.2) is 4.57 Å². The van der Waals surface area contributed by atoms with Crippen molar-refractivity contribution in [2.75, 3.05) is 20.3 Å². The van der Waals surface area contributed by atoms with Gasteiger partial charge in [-0.3, -0.25) is 18.4 Å². The molecule has 1 aliphatic carbocycles. The van der Waals surface area contributed by atoms with Crippen molar-refractivity contribution in [3.8, 4) is 0 Å². The fourth-order valence-electron chi connectivity index (χ4n) is 1.87. The first-order chi connectivity index (χ1) is 9.04. The lowest BCUT2D eigenvalue weighted by Crippen LogP contribution is -2.25. The smallest absolute Gasteiger partial charge is 0.469 e. The Balaban J connectivity index is 2.64. The molecule has 0 aromatic rings. The van der Waals surface area contributed by atoms with Crippen LogP contribution in [0.15, 0.2) is 12.2 Å². The molecule has 0 radical (unpaired) electrons. The number of methoxy groups -OCH3 is 1. The number of carbonyl (C=O) groups is 1. The Kier molecular flexibility index (Phi) is 6.72. The van der Waals surface area contributed by atoms with Gasteiger partial charge in [0.1, 0.15) is 0 Å². The first-order valence-electron chi connectivity index (χ1n) is 6.36. The lowest BCUT2D eigenvalue weighted by molar-refractivity contribution is -0.146. The van der Waals surface area contributed by atoms with Crippen molar-refractivity contribution in [2.45, 2.75) is 32.8 Å². The number of esters is 1. The van der Waals surface area contributed by atoms with Crippen LogP contribution < -0.4 is 0 Å². The molecule has 0 unspecified atom stereocenters. The second kappa shape index (κ2) is 7.80. The third-order valence-electron chi connectivity index (χ3n) is 2.66. The van der Waals surface area contributed by atoms with Crippen LogP contribution in [0.1, 0.15) is 26.7 Å². The number of hydrogen-bond donors (Lipinski definition) is 0. The summed E-state index contributed by atoms with van der Waals surface area (Å²) in [7, 11) is -2.21. The van der Waals surface area contributed by atoms with Crippen LogP contribution in [0, 0.1) is 5.92 Å². The second-order valence-corrected chi connectivity index (χ2v) is 5.67. The van der Waals surface area contributed by atoms with Crippen LogP contribution in [0.3, 0.4) is 0 Å². The quantitative estimate of drug-likeness (QED) is 0.408. The van der Waals surface area contributed by atoms with Crippen LogP contribution >= 0.6 is 7.82 Å². The molecule has 19 heavy (non-hydrogen) atoms. The number of phosphoric acid groups is 1. The van der Waals surface area contributed by atoms with Gasteiger partial charge in [-0.1, -0.05) is 12.2 Å². The first kappa shape index (κ1) is 16.4. The van der Waals surface area contributed by atoms with Crippen molar-refractivity contribution < 1.29 is 27.7 Å². The molecule has 0 aromatic heterocycles. The number of phosphoric ester groups is 1. The Labute approximate surface area is 113 Å². The summed E-state index contributed by atoms with van der Waals surface area (Å²) in [6, 6.07) is 0. The van der Waals surface area contributed by atoms with Crippen molar-refractivity contribution in [3.05, 3.63) is 12.2 Å². The van der Waals surface area contributed by atoms with Crippen LogP contribution in [-0.2, 0) is 27.7 Å². The number of rotatable bonds is 7. The Morgan fingerprint density at radius 2 is 1.95 bits per heavy atom. The van der Waals surface area contributed by atoms with E-state index in [1.807, 2.05) is 6.08 Å². The maximum Gasteiger partial charge on any atom is 0.475 e. The fraction of sp³-hybridized carbons (Fsp3) is 0.750. The Morgan fingerprint density at radius 1 is 1.32 bits per heavy atom. The van der Waals surface area contributed by atoms with Gasteiger partial charge in [0, 0.05) is 0 Å². The molecule has 0 spiro atoms. The largest absolute Gasteiger partial charge is 0.475 e. The highest BCUT2D eigenvalue weighted by Crippen LogP contribution is 2.51. The summed E-state index contributed by atoms with van der Waals surface area (Å²) in [4.78, 5) is 11.5. The standard InChI is InChI=1S/C12H21O6P/c1-4-16-19(14,17-5-2)18-11-8-6-7-10(9-11)12(13)15-3/h6,8,10-11H,4-5,7,9H2,1-3H3/t10-,11+/m0/s1. The SMILES string of the molecule is CCOP(=O)(OCC)O[C@@H]1C=CC[C@H](C(=O)OC)C1. The molecular formula is C12H21O6P. The zero-order chi connectivity index (χ0) is 14.3. The summed E-state index contributed by atoms with van der Waals surface area (Å²) >= 11 is 0. The van der Waals surface area contributed by atoms with E-state index in [9.17, 15) is 9.36 Å². The van der Waals surface area contributed by atoms with Gasteiger partial charge in [-0.05, 0) is 26.7 Å². The van der Waals surface area contributed by atoms with Crippen molar-refractivity contribution in [2.24, 2.45) is 5.92 Å². The fourth-order valence-corrected chi connectivity index (χ4v) is 3.18. The number of hydrogen-bond acceptors (Lipinski definition) is 6. The summed E-state index contributed by atoms with van der Waals surface area (Å²) < 4.78 is 32.4. The molecule has 0 saturated carbocycles. The minimum Gasteiger partial charge on any atom is -0.469 e. The summed E-state index contributed by atoms with van der Waals surface area (Å²) in [6.45, 7) is 3.88. The van der Waals surface area contributed by atoms with E-state index >= 15 is 0 Å². The molecule has 0 aromatic carbocycles. The highest BCUT2D eigenvalue weighted by Gasteiger charge is 2.33.